The van der Waals surface area contributed by atoms with Gasteiger partial charge in [0.25, 0.3) is 0 Å². The maximum atomic E-state index is 13.4. The highest BCUT2D eigenvalue weighted by Gasteiger charge is 2.42. The summed E-state index contributed by atoms with van der Waals surface area (Å²) in [5.74, 6) is -0.576. The number of hydrogen-bond donors (Lipinski definition) is 1. The number of methoxy groups -OCH3 is 2. The average Bonchev–Trinajstić information content (AvgIpc) is 3.22. The second-order valence-electron chi connectivity index (χ2n) is 7.61. The van der Waals surface area contributed by atoms with Gasteiger partial charge in [-0.05, 0) is 24.0 Å². The Kier molecular flexibility index (Phi) is 6.93. The number of ether oxygens (including phenoxy) is 3. The van der Waals surface area contributed by atoms with E-state index in [4.69, 9.17) is 14.2 Å². The zero-order valence-electron chi connectivity index (χ0n) is 19.0. The SMILES string of the molecule is COc1cccc([C@H]2C(C(=O)OCc3ccccc3)=C(C)N=C3SC=C(CC(=O)O)N32)c1OC. The Bertz CT molecular complexity index is 1210. The Morgan fingerprint density at radius 3 is 2.53 bits per heavy atom. The molecule has 8 nitrogen and oxygen atoms in total. The summed E-state index contributed by atoms with van der Waals surface area (Å²) in [6.45, 7) is 1.85. The fourth-order valence-corrected chi connectivity index (χ4v) is 4.97. The Morgan fingerprint density at radius 2 is 1.85 bits per heavy atom. The molecule has 0 fully saturated rings. The average molecular weight is 481 g/mol. The van der Waals surface area contributed by atoms with Crippen LogP contribution in [-0.4, -0.2) is 41.3 Å². The largest absolute Gasteiger partial charge is 0.493 e. The smallest absolute Gasteiger partial charge is 0.338 e. The minimum Gasteiger partial charge on any atom is -0.493 e. The number of carboxylic acid groups (broad SMARTS) is 1. The van der Waals surface area contributed by atoms with Crippen LogP contribution in [0.2, 0.25) is 0 Å². The van der Waals surface area contributed by atoms with Crippen LogP contribution in [0.25, 0.3) is 0 Å². The fraction of sp³-hybridized carbons (Fsp3) is 0.240. The number of rotatable bonds is 8. The minimum atomic E-state index is -0.982. The van der Waals surface area contributed by atoms with E-state index in [1.807, 2.05) is 36.4 Å². The highest BCUT2D eigenvalue weighted by Crippen LogP contribution is 2.48. The summed E-state index contributed by atoms with van der Waals surface area (Å²) in [4.78, 5) is 31.4. The maximum absolute atomic E-state index is 13.4. The lowest BCUT2D eigenvalue weighted by atomic mass is 9.92. The van der Waals surface area contributed by atoms with Crippen molar-refractivity contribution in [2.75, 3.05) is 14.2 Å². The monoisotopic (exact) mass is 480 g/mol. The van der Waals surface area contributed by atoms with E-state index in [9.17, 15) is 14.7 Å². The molecule has 1 N–H and O–H groups in total. The molecule has 0 saturated heterocycles. The van der Waals surface area contributed by atoms with E-state index in [1.165, 1.54) is 26.0 Å². The first-order chi connectivity index (χ1) is 16.4. The maximum Gasteiger partial charge on any atom is 0.338 e. The number of thioether (sulfide) groups is 1. The minimum absolute atomic E-state index is 0.0988. The van der Waals surface area contributed by atoms with Crippen molar-refractivity contribution >= 4 is 28.9 Å². The number of esters is 1. The summed E-state index contributed by atoms with van der Waals surface area (Å²) in [5.41, 5.74) is 2.82. The third-order valence-electron chi connectivity index (χ3n) is 5.49. The van der Waals surface area contributed by atoms with E-state index in [1.54, 1.807) is 29.4 Å². The number of para-hydroxylation sites is 1. The molecule has 1 atom stereocenters. The van der Waals surface area contributed by atoms with Crippen molar-refractivity contribution in [1.82, 2.24) is 4.90 Å². The van der Waals surface area contributed by atoms with Gasteiger partial charge >= 0.3 is 11.9 Å². The van der Waals surface area contributed by atoms with Crippen LogP contribution in [-0.2, 0) is 20.9 Å². The molecule has 2 aliphatic heterocycles. The van der Waals surface area contributed by atoms with E-state index in [0.717, 1.165) is 5.56 Å². The molecular weight excluding hydrogens is 456 g/mol. The zero-order valence-corrected chi connectivity index (χ0v) is 19.8. The molecule has 0 spiro atoms. The van der Waals surface area contributed by atoms with Crippen LogP contribution in [0.5, 0.6) is 11.5 Å². The number of aliphatic carboxylic acids is 1. The number of fused-ring (bicyclic) bond motifs is 1. The standard InChI is InChI=1S/C25H24N2O6S/c1-15-21(24(30)33-13-16-8-5-4-6-9-16)22(18-10-7-11-19(31-2)23(18)32-3)27-17(12-20(28)29)14-34-25(27)26-15/h4-11,14,22H,12-13H2,1-3H3,(H,28,29)/t22-/m0/s1. The molecule has 0 unspecified atom stereocenters. The van der Waals surface area contributed by atoms with Crippen molar-refractivity contribution in [2.45, 2.75) is 26.0 Å². The van der Waals surface area contributed by atoms with E-state index >= 15 is 0 Å². The number of carboxylic acids is 1. The first kappa shape index (κ1) is 23.4. The van der Waals surface area contributed by atoms with E-state index in [2.05, 4.69) is 4.99 Å². The van der Waals surface area contributed by atoms with Crippen molar-refractivity contribution in [2.24, 2.45) is 4.99 Å². The normalized spacial score (nSPS) is 17.0. The quantitative estimate of drug-likeness (QED) is 0.552. The first-order valence-electron chi connectivity index (χ1n) is 10.5. The summed E-state index contributed by atoms with van der Waals surface area (Å²) in [5, 5.41) is 11.8. The van der Waals surface area contributed by atoms with Crippen LogP contribution in [0.1, 0.15) is 30.5 Å². The van der Waals surface area contributed by atoms with Crippen molar-refractivity contribution in [3.8, 4) is 11.5 Å². The van der Waals surface area contributed by atoms with Crippen LogP contribution in [0.4, 0.5) is 0 Å². The molecule has 34 heavy (non-hydrogen) atoms. The van der Waals surface area contributed by atoms with Crippen LogP contribution < -0.4 is 9.47 Å². The van der Waals surface area contributed by atoms with Crippen LogP contribution >= 0.6 is 11.8 Å². The Hall–Kier alpha value is -3.72. The summed E-state index contributed by atoms with van der Waals surface area (Å²) in [6, 6.07) is 14.1. The summed E-state index contributed by atoms with van der Waals surface area (Å²) in [7, 11) is 3.06. The number of amidine groups is 1. The molecule has 0 radical (unpaired) electrons. The molecule has 9 heteroatoms. The van der Waals surface area contributed by atoms with Crippen molar-refractivity contribution in [3.63, 3.8) is 0 Å². The number of allylic oxidation sites excluding steroid dienone is 1. The first-order valence-corrected chi connectivity index (χ1v) is 11.4. The second kappa shape index (κ2) is 10.0. The molecule has 2 heterocycles. The number of nitrogens with zero attached hydrogens (tertiary/aromatic N) is 2. The van der Waals surface area contributed by atoms with Gasteiger partial charge < -0.3 is 24.2 Å². The lowest BCUT2D eigenvalue weighted by molar-refractivity contribution is -0.141. The summed E-state index contributed by atoms with van der Waals surface area (Å²) < 4.78 is 16.8. The second-order valence-corrected chi connectivity index (χ2v) is 8.44. The van der Waals surface area contributed by atoms with Crippen molar-refractivity contribution in [3.05, 3.63) is 82.0 Å². The molecule has 0 bridgehead atoms. The summed E-state index contributed by atoms with van der Waals surface area (Å²) in [6.07, 6.45) is -0.222. The molecule has 176 valence electrons. The molecule has 2 aliphatic rings. The van der Waals surface area contributed by atoms with E-state index in [0.29, 0.717) is 39.2 Å². The van der Waals surface area contributed by atoms with Gasteiger partial charge in [-0.15, -0.1) is 0 Å². The number of aliphatic imine (C=N–C) groups is 1. The number of carbonyl (C=O) groups excluding carboxylic acids is 1. The van der Waals surface area contributed by atoms with E-state index < -0.39 is 18.0 Å². The predicted molar refractivity (Wildman–Crippen MR) is 128 cm³/mol. The van der Waals surface area contributed by atoms with E-state index in [-0.39, 0.29) is 13.0 Å². The molecular formula is C25H24N2O6S. The van der Waals surface area contributed by atoms with Gasteiger partial charge in [0.2, 0.25) is 0 Å². The lowest BCUT2D eigenvalue weighted by Crippen LogP contribution is -2.37. The molecule has 2 aromatic carbocycles. The number of hydrogen-bond acceptors (Lipinski definition) is 8. The fourth-order valence-electron chi connectivity index (χ4n) is 4.01. The predicted octanol–water partition coefficient (Wildman–Crippen LogP) is 4.50. The Labute approximate surface area is 201 Å². The van der Waals surface area contributed by atoms with Gasteiger partial charge in [-0.3, -0.25) is 4.79 Å². The molecule has 0 aromatic heterocycles. The molecule has 0 amide bonds. The van der Waals surface area contributed by atoms with Crippen molar-refractivity contribution in [1.29, 1.82) is 0 Å². The van der Waals surface area contributed by atoms with Gasteiger partial charge in [-0.25, -0.2) is 9.79 Å². The Morgan fingerprint density at radius 1 is 1.09 bits per heavy atom. The Balaban J connectivity index is 1.80. The molecule has 0 saturated carbocycles. The third-order valence-corrected chi connectivity index (χ3v) is 6.38. The highest BCUT2D eigenvalue weighted by molar-refractivity contribution is 8.16. The summed E-state index contributed by atoms with van der Waals surface area (Å²) >= 11 is 1.32. The van der Waals surface area contributed by atoms with Gasteiger partial charge in [0.1, 0.15) is 6.61 Å². The molecule has 4 rings (SSSR count). The topological polar surface area (TPSA) is 97.7 Å². The highest BCUT2D eigenvalue weighted by atomic mass is 32.2. The number of carbonyl (C=O) groups is 2. The van der Waals surface area contributed by atoms with Gasteiger partial charge in [0.15, 0.2) is 16.7 Å². The third kappa shape index (κ3) is 4.51. The van der Waals surface area contributed by atoms with Gasteiger partial charge in [-0.1, -0.05) is 54.2 Å². The van der Waals surface area contributed by atoms with Crippen molar-refractivity contribution < 1.29 is 28.9 Å². The molecule has 2 aromatic rings. The lowest BCUT2D eigenvalue weighted by Gasteiger charge is -2.36. The van der Waals surface area contributed by atoms with Gasteiger partial charge in [0, 0.05) is 11.3 Å². The van der Waals surface area contributed by atoms with Crippen LogP contribution in [0.15, 0.2) is 75.9 Å². The van der Waals surface area contributed by atoms with Crippen LogP contribution in [0, 0.1) is 0 Å². The van der Waals surface area contributed by atoms with Gasteiger partial charge in [0.05, 0.1) is 38.0 Å². The zero-order chi connectivity index (χ0) is 24.2. The van der Waals surface area contributed by atoms with Crippen LogP contribution in [0.3, 0.4) is 0 Å². The van der Waals surface area contributed by atoms with Gasteiger partial charge in [-0.2, -0.15) is 0 Å². The molecule has 0 aliphatic carbocycles. The number of benzene rings is 2.